The minimum Gasteiger partial charge on any atom is -0.495 e. The first kappa shape index (κ1) is 17.0. The van der Waals surface area contributed by atoms with E-state index < -0.39 is 5.25 Å². The van der Waals surface area contributed by atoms with E-state index in [1.165, 1.54) is 18.9 Å². The molecular formula is C18H17N3O3S. The second kappa shape index (κ2) is 7.85. The molecule has 0 fully saturated rings. The number of para-hydroxylation sites is 2. The molecule has 2 aromatic carbocycles. The standard InChI is InChI=1S/C18H17N3O3S/c1-23-15-11-7-6-10-14(15)21-12-19-20-18(21)25-16(17(22)24-2)13-8-4-3-5-9-13/h3-12,16H,1-2H3. The molecule has 25 heavy (non-hydrogen) atoms. The highest BCUT2D eigenvalue weighted by Crippen LogP contribution is 2.37. The molecule has 6 nitrogen and oxygen atoms in total. The molecule has 7 heteroatoms. The van der Waals surface area contributed by atoms with E-state index in [0.717, 1.165) is 11.3 Å². The first-order valence-corrected chi connectivity index (χ1v) is 8.45. The Morgan fingerprint density at radius 1 is 1.08 bits per heavy atom. The molecule has 1 heterocycles. The lowest BCUT2D eigenvalue weighted by atomic mass is 10.1. The van der Waals surface area contributed by atoms with Crippen LogP contribution in [0.1, 0.15) is 10.8 Å². The lowest BCUT2D eigenvalue weighted by molar-refractivity contribution is -0.140. The fraction of sp³-hybridized carbons (Fsp3) is 0.167. The topological polar surface area (TPSA) is 66.2 Å². The Morgan fingerprint density at radius 3 is 2.52 bits per heavy atom. The van der Waals surface area contributed by atoms with Crippen LogP contribution in [0.2, 0.25) is 0 Å². The van der Waals surface area contributed by atoms with Crippen LogP contribution in [0, 0.1) is 0 Å². The third kappa shape index (κ3) is 3.66. The minimum absolute atomic E-state index is 0.342. The third-order valence-electron chi connectivity index (χ3n) is 3.60. The van der Waals surface area contributed by atoms with Crippen LogP contribution in [0.5, 0.6) is 5.75 Å². The highest BCUT2D eigenvalue weighted by atomic mass is 32.2. The van der Waals surface area contributed by atoms with Crippen molar-refractivity contribution in [3.8, 4) is 11.4 Å². The van der Waals surface area contributed by atoms with Crippen LogP contribution >= 0.6 is 11.8 Å². The average Bonchev–Trinajstić information content (AvgIpc) is 3.14. The van der Waals surface area contributed by atoms with E-state index in [9.17, 15) is 4.79 Å². The summed E-state index contributed by atoms with van der Waals surface area (Å²) >= 11 is 1.28. The Hall–Kier alpha value is -2.80. The molecule has 3 rings (SSSR count). The summed E-state index contributed by atoms with van der Waals surface area (Å²) in [6, 6.07) is 17.0. The van der Waals surface area contributed by atoms with Crippen LogP contribution in [0.25, 0.3) is 5.69 Å². The van der Waals surface area contributed by atoms with Crippen LogP contribution in [-0.2, 0) is 9.53 Å². The normalized spacial score (nSPS) is 11.8. The Bertz CT molecular complexity index is 852. The van der Waals surface area contributed by atoms with E-state index in [-0.39, 0.29) is 5.97 Å². The number of nitrogens with zero attached hydrogens (tertiary/aromatic N) is 3. The molecule has 1 unspecified atom stereocenters. The summed E-state index contributed by atoms with van der Waals surface area (Å²) < 4.78 is 12.2. The van der Waals surface area contributed by atoms with Crippen molar-refractivity contribution in [2.24, 2.45) is 0 Å². The van der Waals surface area contributed by atoms with Gasteiger partial charge in [0.1, 0.15) is 17.3 Å². The Morgan fingerprint density at radius 2 is 1.80 bits per heavy atom. The maximum absolute atomic E-state index is 12.3. The number of carbonyl (C=O) groups excluding carboxylic acids is 1. The maximum atomic E-state index is 12.3. The van der Waals surface area contributed by atoms with Crippen molar-refractivity contribution < 1.29 is 14.3 Å². The quantitative estimate of drug-likeness (QED) is 0.499. The average molecular weight is 355 g/mol. The number of rotatable bonds is 6. The molecular weight excluding hydrogens is 338 g/mol. The lowest BCUT2D eigenvalue weighted by Gasteiger charge is -2.15. The highest BCUT2D eigenvalue weighted by molar-refractivity contribution is 8.00. The zero-order valence-corrected chi connectivity index (χ0v) is 14.6. The van der Waals surface area contributed by atoms with E-state index >= 15 is 0 Å². The zero-order valence-electron chi connectivity index (χ0n) is 13.8. The van der Waals surface area contributed by atoms with E-state index in [4.69, 9.17) is 9.47 Å². The number of ether oxygens (including phenoxy) is 2. The molecule has 0 aliphatic carbocycles. The fourth-order valence-corrected chi connectivity index (χ4v) is 3.44. The third-order valence-corrected chi connectivity index (χ3v) is 4.79. The van der Waals surface area contributed by atoms with E-state index in [1.807, 2.05) is 54.6 Å². The van der Waals surface area contributed by atoms with Gasteiger partial charge in [-0.3, -0.25) is 9.36 Å². The van der Waals surface area contributed by atoms with Crippen LogP contribution < -0.4 is 4.74 Å². The summed E-state index contributed by atoms with van der Waals surface area (Å²) in [5.74, 6) is 0.351. The SMILES string of the molecule is COC(=O)C(Sc1nncn1-c1ccccc1OC)c1ccccc1. The molecule has 128 valence electrons. The Labute approximate surface area is 149 Å². The summed E-state index contributed by atoms with van der Waals surface area (Å²) in [5.41, 5.74) is 1.64. The number of hydrogen-bond donors (Lipinski definition) is 0. The van der Waals surface area contributed by atoms with Gasteiger partial charge in [-0.15, -0.1) is 10.2 Å². The van der Waals surface area contributed by atoms with Gasteiger partial charge in [-0.2, -0.15) is 0 Å². The predicted molar refractivity (Wildman–Crippen MR) is 95.0 cm³/mol. The second-order valence-electron chi connectivity index (χ2n) is 5.09. The van der Waals surface area contributed by atoms with Crippen LogP contribution in [0.3, 0.4) is 0 Å². The molecule has 3 aromatic rings. The van der Waals surface area contributed by atoms with Crippen molar-refractivity contribution in [3.05, 3.63) is 66.5 Å². The number of thioether (sulfide) groups is 1. The van der Waals surface area contributed by atoms with Gasteiger partial charge >= 0.3 is 5.97 Å². The summed E-state index contributed by atoms with van der Waals surface area (Å²) in [5, 5.41) is 8.19. The first-order valence-electron chi connectivity index (χ1n) is 7.57. The summed E-state index contributed by atoms with van der Waals surface area (Å²) in [4.78, 5) is 12.3. The monoisotopic (exact) mass is 355 g/mol. The number of carbonyl (C=O) groups is 1. The predicted octanol–water partition coefficient (Wildman–Crippen LogP) is 3.28. The van der Waals surface area contributed by atoms with Crippen LogP contribution in [0.15, 0.2) is 66.1 Å². The highest BCUT2D eigenvalue weighted by Gasteiger charge is 2.25. The summed E-state index contributed by atoms with van der Waals surface area (Å²) in [6.45, 7) is 0. The number of methoxy groups -OCH3 is 2. The Kier molecular flexibility index (Phi) is 5.35. The van der Waals surface area contributed by atoms with Crippen molar-refractivity contribution in [2.45, 2.75) is 10.4 Å². The summed E-state index contributed by atoms with van der Waals surface area (Å²) in [7, 11) is 2.99. The first-order chi connectivity index (χ1) is 12.2. The van der Waals surface area contributed by atoms with Gasteiger partial charge in [-0.25, -0.2) is 0 Å². The van der Waals surface area contributed by atoms with Gasteiger partial charge in [0, 0.05) is 0 Å². The van der Waals surface area contributed by atoms with Crippen molar-refractivity contribution in [3.63, 3.8) is 0 Å². The Balaban J connectivity index is 1.97. The molecule has 0 radical (unpaired) electrons. The fourth-order valence-electron chi connectivity index (χ4n) is 2.39. The molecule has 0 saturated heterocycles. The van der Waals surface area contributed by atoms with E-state index in [2.05, 4.69) is 10.2 Å². The van der Waals surface area contributed by atoms with Crippen molar-refractivity contribution in [2.75, 3.05) is 14.2 Å². The number of esters is 1. The minimum atomic E-state index is -0.538. The number of hydrogen-bond acceptors (Lipinski definition) is 6. The van der Waals surface area contributed by atoms with Gasteiger partial charge in [0.2, 0.25) is 0 Å². The molecule has 0 aliphatic heterocycles. The largest absolute Gasteiger partial charge is 0.495 e. The molecule has 0 aliphatic rings. The van der Waals surface area contributed by atoms with E-state index in [1.54, 1.807) is 18.0 Å². The van der Waals surface area contributed by atoms with E-state index in [0.29, 0.717) is 10.9 Å². The second-order valence-corrected chi connectivity index (χ2v) is 6.16. The molecule has 0 amide bonds. The molecule has 0 N–H and O–H groups in total. The van der Waals surface area contributed by atoms with Crippen molar-refractivity contribution >= 4 is 17.7 Å². The number of aromatic nitrogens is 3. The molecule has 0 spiro atoms. The van der Waals surface area contributed by atoms with Crippen molar-refractivity contribution in [1.29, 1.82) is 0 Å². The van der Waals surface area contributed by atoms with Gasteiger partial charge in [-0.1, -0.05) is 54.2 Å². The molecule has 0 bridgehead atoms. The van der Waals surface area contributed by atoms with Gasteiger partial charge in [0.05, 0.1) is 19.9 Å². The van der Waals surface area contributed by atoms with Gasteiger partial charge < -0.3 is 9.47 Å². The van der Waals surface area contributed by atoms with Crippen LogP contribution in [-0.4, -0.2) is 35.0 Å². The van der Waals surface area contributed by atoms with Gasteiger partial charge in [0.15, 0.2) is 5.16 Å². The molecule has 1 atom stereocenters. The number of benzene rings is 2. The van der Waals surface area contributed by atoms with Gasteiger partial charge in [0.25, 0.3) is 0 Å². The lowest BCUT2D eigenvalue weighted by Crippen LogP contribution is -2.12. The maximum Gasteiger partial charge on any atom is 0.323 e. The van der Waals surface area contributed by atoms with Crippen molar-refractivity contribution in [1.82, 2.24) is 14.8 Å². The molecule has 0 saturated carbocycles. The van der Waals surface area contributed by atoms with Crippen LogP contribution in [0.4, 0.5) is 0 Å². The smallest absolute Gasteiger partial charge is 0.323 e. The van der Waals surface area contributed by atoms with Gasteiger partial charge in [-0.05, 0) is 17.7 Å². The zero-order chi connectivity index (χ0) is 17.6. The molecule has 1 aromatic heterocycles. The summed E-state index contributed by atoms with van der Waals surface area (Å²) in [6.07, 6.45) is 1.60.